The highest BCUT2D eigenvalue weighted by molar-refractivity contribution is 5.96. The molecule has 0 radical (unpaired) electrons. The molecule has 0 fully saturated rings. The summed E-state index contributed by atoms with van der Waals surface area (Å²) in [6, 6.07) is 10.2. The van der Waals surface area contributed by atoms with Crippen molar-refractivity contribution in [1.29, 1.82) is 0 Å². The Hall–Kier alpha value is -4.01. The van der Waals surface area contributed by atoms with Gasteiger partial charge in [-0.15, -0.1) is 0 Å². The molecular weight excluding hydrogens is 360 g/mol. The van der Waals surface area contributed by atoms with E-state index < -0.39 is 11.8 Å². The summed E-state index contributed by atoms with van der Waals surface area (Å²) in [5, 5.41) is 14.9. The van der Waals surface area contributed by atoms with Crippen molar-refractivity contribution in [2.75, 3.05) is 12.8 Å². The van der Waals surface area contributed by atoms with Crippen LogP contribution in [0, 0.1) is 0 Å². The highest BCUT2D eigenvalue weighted by Gasteiger charge is 2.14. The minimum absolute atomic E-state index is 0.0432. The van der Waals surface area contributed by atoms with Gasteiger partial charge in [0.25, 0.3) is 11.8 Å². The summed E-state index contributed by atoms with van der Waals surface area (Å²) < 4.78 is 0. The Morgan fingerprint density at radius 2 is 1.93 bits per heavy atom. The third kappa shape index (κ3) is 4.04. The summed E-state index contributed by atoms with van der Waals surface area (Å²) in [7, 11) is 1.48. The molecule has 0 spiro atoms. The Balaban J connectivity index is 1.79. The average molecular weight is 378 g/mol. The van der Waals surface area contributed by atoms with E-state index in [9.17, 15) is 14.7 Å². The van der Waals surface area contributed by atoms with Crippen molar-refractivity contribution < 1.29 is 14.7 Å². The third-order valence-corrected chi connectivity index (χ3v) is 3.92. The molecule has 0 unspecified atom stereocenters. The van der Waals surface area contributed by atoms with Crippen LogP contribution in [0.3, 0.4) is 0 Å². The molecule has 2 aromatic heterocycles. The van der Waals surface area contributed by atoms with Crippen LogP contribution in [0.25, 0.3) is 11.3 Å². The van der Waals surface area contributed by atoms with E-state index in [1.165, 1.54) is 31.6 Å². The Bertz CT molecular complexity index is 1040. The number of hydrogen-bond acceptors (Lipinski definition) is 7. The van der Waals surface area contributed by atoms with Crippen LogP contribution >= 0.6 is 0 Å². The first-order valence-electron chi connectivity index (χ1n) is 8.35. The smallest absolute Gasteiger partial charge is 0.273 e. The third-order valence-electron chi connectivity index (χ3n) is 3.92. The number of nitrogens with one attached hydrogen (secondary N) is 2. The summed E-state index contributed by atoms with van der Waals surface area (Å²) in [5.74, 6) is -1.06. The van der Waals surface area contributed by atoms with Crippen LogP contribution in [0.1, 0.15) is 26.5 Å². The lowest BCUT2D eigenvalue weighted by molar-refractivity contribution is 0.0939. The molecule has 0 aliphatic heterocycles. The van der Waals surface area contributed by atoms with E-state index in [1.54, 1.807) is 6.07 Å². The van der Waals surface area contributed by atoms with E-state index in [4.69, 9.17) is 5.73 Å². The maximum absolute atomic E-state index is 12.2. The van der Waals surface area contributed by atoms with Gasteiger partial charge in [-0.05, 0) is 23.8 Å². The molecule has 2 heterocycles. The van der Waals surface area contributed by atoms with E-state index in [1.807, 2.05) is 18.2 Å². The second-order valence-corrected chi connectivity index (χ2v) is 5.82. The number of hydrogen-bond donors (Lipinski definition) is 4. The second kappa shape index (κ2) is 8.12. The molecule has 0 aliphatic carbocycles. The number of anilines is 1. The molecule has 9 heteroatoms. The normalized spacial score (nSPS) is 10.3. The minimum atomic E-state index is -0.488. The van der Waals surface area contributed by atoms with Crippen molar-refractivity contribution in [3.63, 3.8) is 0 Å². The molecule has 5 N–H and O–H groups in total. The molecule has 142 valence electrons. The zero-order valence-electron chi connectivity index (χ0n) is 15.0. The molecule has 28 heavy (non-hydrogen) atoms. The van der Waals surface area contributed by atoms with E-state index >= 15 is 0 Å². The number of amides is 2. The van der Waals surface area contributed by atoms with Gasteiger partial charge in [0, 0.05) is 25.4 Å². The van der Waals surface area contributed by atoms with Gasteiger partial charge in [0.05, 0.1) is 11.9 Å². The number of carbonyl (C=O) groups excluding carboxylic acids is 2. The van der Waals surface area contributed by atoms with Gasteiger partial charge < -0.3 is 21.5 Å². The number of nitrogen functional groups attached to an aromatic ring is 1. The maximum Gasteiger partial charge on any atom is 0.273 e. The van der Waals surface area contributed by atoms with E-state index in [2.05, 4.69) is 25.6 Å². The van der Waals surface area contributed by atoms with Gasteiger partial charge in [0.2, 0.25) is 0 Å². The molecular formula is C19H18N6O3. The molecule has 0 saturated carbocycles. The summed E-state index contributed by atoms with van der Waals surface area (Å²) in [6.07, 6.45) is 2.91. The standard InChI is InChI=1S/C19H18N6O3/c1-21-18(27)16-17(20)23-10-13(25-16)12-5-2-4-11(8-12)9-24-19(28)15-14(26)6-3-7-22-15/h2-8,10,26H,9H2,1H3,(H2,20,23)(H,21,27)(H,24,28). The number of nitrogens with zero attached hydrogens (tertiary/aromatic N) is 3. The first-order chi connectivity index (χ1) is 13.5. The Kier molecular flexibility index (Phi) is 5.45. The Labute approximate surface area is 160 Å². The lowest BCUT2D eigenvalue weighted by Gasteiger charge is -2.09. The van der Waals surface area contributed by atoms with Crippen LogP contribution in [0.2, 0.25) is 0 Å². The van der Waals surface area contributed by atoms with Crippen molar-refractivity contribution in [3.8, 4) is 17.0 Å². The summed E-state index contributed by atoms with van der Waals surface area (Å²) >= 11 is 0. The lowest BCUT2D eigenvalue weighted by Crippen LogP contribution is -2.23. The molecule has 2 amide bonds. The van der Waals surface area contributed by atoms with E-state index in [0.29, 0.717) is 11.3 Å². The van der Waals surface area contributed by atoms with Gasteiger partial charge in [-0.3, -0.25) is 9.59 Å². The van der Waals surface area contributed by atoms with Crippen LogP contribution in [0.15, 0.2) is 48.8 Å². The number of nitrogens with two attached hydrogens (primary N) is 1. The Morgan fingerprint density at radius 1 is 1.11 bits per heavy atom. The van der Waals surface area contributed by atoms with Crippen LogP contribution in [-0.2, 0) is 6.54 Å². The predicted octanol–water partition coefficient (Wildman–Crippen LogP) is 1.12. The SMILES string of the molecule is CNC(=O)c1nc(-c2cccc(CNC(=O)c3ncccc3O)c2)cnc1N. The van der Waals surface area contributed by atoms with Crippen molar-refractivity contribution in [2.24, 2.45) is 0 Å². The zero-order valence-corrected chi connectivity index (χ0v) is 15.0. The highest BCUT2D eigenvalue weighted by Crippen LogP contribution is 2.20. The van der Waals surface area contributed by atoms with Crippen molar-refractivity contribution in [2.45, 2.75) is 6.54 Å². The van der Waals surface area contributed by atoms with Crippen molar-refractivity contribution in [3.05, 3.63) is 65.7 Å². The van der Waals surface area contributed by atoms with Crippen LogP contribution < -0.4 is 16.4 Å². The number of rotatable bonds is 5. The number of pyridine rings is 1. The molecule has 3 aromatic rings. The van der Waals surface area contributed by atoms with Crippen molar-refractivity contribution in [1.82, 2.24) is 25.6 Å². The van der Waals surface area contributed by atoms with E-state index in [-0.39, 0.29) is 29.5 Å². The minimum Gasteiger partial charge on any atom is -0.505 e. The summed E-state index contributed by atoms with van der Waals surface area (Å²) in [6.45, 7) is 0.216. The first kappa shape index (κ1) is 18.8. The number of aromatic hydroxyl groups is 1. The highest BCUT2D eigenvalue weighted by atomic mass is 16.3. The fraction of sp³-hybridized carbons (Fsp3) is 0.105. The monoisotopic (exact) mass is 378 g/mol. The maximum atomic E-state index is 12.2. The molecule has 1 aromatic carbocycles. The summed E-state index contributed by atoms with van der Waals surface area (Å²) in [5.41, 5.74) is 7.70. The quantitative estimate of drug-likeness (QED) is 0.521. The first-order valence-corrected chi connectivity index (χ1v) is 8.35. The molecule has 0 atom stereocenters. The molecule has 3 rings (SSSR count). The largest absolute Gasteiger partial charge is 0.505 e. The fourth-order valence-electron chi connectivity index (χ4n) is 2.50. The summed E-state index contributed by atoms with van der Waals surface area (Å²) in [4.78, 5) is 36.2. The topological polar surface area (TPSA) is 143 Å². The second-order valence-electron chi connectivity index (χ2n) is 5.82. The van der Waals surface area contributed by atoms with Crippen LogP contribution in [-0.4, -0.2) is 38.9 Å². The van der Waals surface area contributed by atoms with Gasteiger partial charge in [-0.25, -0.2) is 15.0 Å². The molecule has 0 saturated heterocycles. The molecule has 0 aliphatic rings. The van der Waals surface area contributed by atoms with Crippen LogP contribution in [0.5, 0.6) is 5.75 Å². The number of aromatic nitrogens is 3. The van der Waals surface area contributed by atoms with Gasteiger partial charge in [0.15, 0.2) is 17.2 Å². The number of carbonyl (C=O) groups is 2. The van der Waals surface area contributed by atoms with Gasteiger partial charge in [-0.1, -0.05) is 18.2 Å². The van der Waals surface area contributed by atoms with Gasteiger partial charge in [0.1, 0.15) is 5.75 Å². The Morgan fingerprint density at radius 3 is 2.68 bits per heavy atom. The molecule has 0 bridgehead atoms. The predicted molar refractivity (Wildman–Crippen MR) is 102 cm³/mol. The zero-order chi connectivity index (χ0) is 20.1. The van der Waals surface area contributed by atoms with E-state index in [0.717, 1.165) is 5.56 Å². The van der Waals surface area contributed by atoms with Crippen LogP contribution in [0.4, 0.5) is 5.82 Å². The number of benzene rings is 1. The molecule has 9 nitrogen and oxygen atoms in total. The van der Waals surface area contributed by atoms with Gasteiger partial charge >= 0.3 is 0 Å². The fourth-order valence-corrected chi connectivity index (χ4v) is 2.50. The lowest BCUT2D eigenvalue weighted by atomic mass is 10.1. The van der Waals surface area contributed by atoms with Crippen molar-refractivity contribution >= 4 is 17.6 Å². The average Bonchev–Trinajstić information content (AvgIpc) is 2.72. The van der Waals surface area contributed by atoms with Gasteiger partial charge in [-0.2, -0.15) is 0 Å².